The lowest BCUT2D eigenvalue weighted by atomic mass is 9.96. The van der Waals surface area contributed by atoms with Crippen LogP contribution in [0.3, 0.4) is 0 Å². The number of nitrogens with zero attached hydrogens (tertiary/aromatic N) is 2. The van der Waals surface area contributed by atoms with E-state index in [2.05, 4.69) is 75.8 Å². The van der Waals surface area contributed by atoms with Crippen molar-refractivity contribution in [2.24, 2.45) is 0 Å². The molecule has 0 amide bonds. The summed E-state index contributed by atoms with van der Waals surface area (Å²) in [7, 11) is 0. The molecule has 0 radical (unpaired) electrons. The highest BCUT2D eigenvalue weighted by atomic mass is 32.1. The molecule has 7 heteroatoms. The molecule has 1 aromatic heterocycles. The van der Waals surface area contributed by atoms with E-state index in [4.69, 9.17) is 17.0 Å². The number of fused-ring (bicyclic) bond motifs is 1. The van der Waals surface area contributed by atoms with Crippen LogP contribution in [-0.2, 0) is 17.6 Å². The van der Waals surface area contributed by atoms with Gasteiger partial charge >= 0.3 is 5.97 Å². The molecule has 3 aromatic rings. The Hall–Kier alpha value is -2.74. The van der Waals surface area contributed by atoms with E-state index in [9.17, 15) is 4.79 Å². The maximum absolute atomic E-state index is 13.0. The zero-order valence-corrected chi connectivity index (χ0v) is 23.8. The van der Waals surface area contributed by atoms with Gasteiger partial charge in [0.05, 0.1) is 18.2 Å². The molecule has 1 fully saturated rings. The summed E-state index contributed by atoms with van der Waals surface area (Å²) < 4.78 is 5.48. The van der Waals surface area contributed by atoms with Crippen LogP contribution < -0.4 is 5.32 Å². The molecule has 1 aliphatic carbocycles. The van der Waals surface area contributed by atoms with Crippen molar-refractivity contribution >= 4 is 39.6 Å². The van der Waals surface area contributed by atoms with Gasteiger partial charge in [0.1, 0.15) is 5.00 Å². The molecule has 5 rings (SSSR count). The lowest BCUT2D eigenvalue weighted by molar-refractivity contribution is 0.0526. The van der Waals surface area contributed by atoms with Crippen molar-refractivity contribution in [3.8, 4) is 0 Å². The predicted octanol–water partition coefficient (Wildman–Crippen LogP) is 6.69. The van der Waals surface area contributed by atoms with Crippen molar-refractivity contribution in [1.82, 2.24) is 9.80 Å². The van der Waals surface area contributed by atoms with Gasteiger partial charge in [-0.25, -0.2) is 4.79 Å². The van der Waals surface area contributed by atoms with Crippen molar-refractivity contribution in [3.05, 3.63) is 87.8 Å². The zero-order chi connectivity index (χ0) is 26.3. The van der Waals surface area contributed by atoms with Crippen LogP contribution in [0, 0.1) is 0 Å². The van der Waals surface area contributed by atoms with Gasteiger partial charge in [-0.1, -0.05) is 73.5 Å². The first-order chi connectivity index (χ1) is 18.7. The number of hydrogen-bond acceptors (Lipinski definition) is 5. The van der Waals surface area contributed by atoms with Crippen LogP contribution in [0.5, 0.6) is 0 Å². The number of nitrogens with one attached hydrogen (secondary N) is 1. The van der Waals surface area contributed by atoms with Crippen LogP contribution in [-0.4, -0.2) is 53.7 Å². The molecular formula is C31H37N3O2S2. The van der Waals surface area contributed by atoms with Gasteiger partial charge in [0, 0.05) is 31.1 Å². The first-order valence-electron chi connectivity index (χ1n) is 13.9. The average Bonchev–Trinajstić information content (AvgIpc) is 3.26. The molecule has 1 N–H and O–H groups in total. The monoisotopic (exact) mass is 547 g/mol. The number of thiophene rings is 1. The molecule has 5 nitrogen and oxygen atoms in total. The number of anilines is 1. The lowest BCUT2D eigenvalue weighted by Gasteiger charge is -2.40. The third-order valence-corrected chi connectivity index (χ3v) is 9.14. The summed E-state index contributed by atoms with van der Waals surface area (Å²) >= 11 is 7.60. The summed E-state index contributed by atoms with van der Waals surface area (Å²) in [6.07, 6.45) is 6.73. The maximum atomic E-state index is 13.0. The Morgan fingerprint density at radius 3 is 2.13 bits per heavy atom. The molecule has 2 heterocycles. The number of aryl methyl sites for hydroxylation is 1. The fourth-order valence-electron chi connectivity index (χ4n) is 5.67. The van der Waals surface area contributed by atoms with Gasteiger partial charge in [0.2, 0.25) is 0 Å². The van der Waals surface area contributed by atoms with E-state index in [1.807, 2.05) is 6.92 Å². The Bertz CT molecular complexity index is 1180. The van der Waals surface area contributed by atoms with Crippen molar-refractivity contribution in [2.45, 2.75) is 51.5 Å². The van der Waals surface area contributed by atoms with E-state index in [1.54, 1.807) is 11.3 Å². The SMILES string of the molecule is CCOC(=O)c1c(NC(=S)N2CCN(C(c3ccccc3)c3ccccc3)CC2)sc2c1CCCCCC2. The lowest BCUT2D eigenvalue weighted by Crippen LogP contribution is -2.51. The second kappa shape index (κ2) is 12.9. The van der Waals surface area contributed by atoms with E-state index < -0.39 is 0 Å². The van der Waals surface area contributed by atoms with E-state index in [0.717, 1.165) is 50.4 Å². The van der Waals surface area contributed by atoms with Crippen molar-refractivity contribution in [3.63, 3.8) is 0 Å². The normalized spacial score (nSPS) is 16.4. The Morgan fingerprint density at radius 2 is 1.53 bits per heavy atom. The Kier molecular flexibility index (Phi) is 9.10. The Morgan fingerprint density at radius 1 is 0.921 bits per heavy atom. The van der Waals surface area contributed by atoms with Crippen LogP contribution in [0.1, 0.15) is 70.6 Å². The second-order valence-electron chi connectivity index (χ2n) is 10.0. The number of ether oxygens (including phenoxy) is 1. The number of hydrogen-bond donors (Lipinski definition) is 1. The predicted molar refractivity (Wildman–Crippen MR) is 160 cm³/mol. The first kappa shape index (κ1) is 26.9. The highest BCUT2D eigenvalue weighted by Gasteiger charge is 2.29. The fourth-order valence-corrected chi connectivity index (χ4v) is 7.30. The van der Waals surface area contributed by atoms with Gasteiger partial charge < -0.3 is 15.0 Å². The largest absolute Gasteiger partial charge is 0.462 e. The van der Waals surface area contributed by atoms with Crippen LogP contribution >= 0.6 is 23.6 Å². The Labute approximate surface area is 235 Å². The van der Waals surface area contributed by atoms with E-state index in [0.29, 0.717) is 17.3 Å². The van der Waals surface area contributed by atoms with Gasteiger partial charge in [-0.3, -0.25) is 4.90 Å². The molecule has 0 saturated carbocycles. The number of rotatable bonds is 6. The first-order valence-corrected chi connectivity index (χ1v) is 15.1. The summed E-state index contributed by atoms with van der Waals surface area (Å²) in [6.45, 7) is 5.72. The van der Waals surface area contributed by atoms with Gasteiger partial charge in [-0.2, -0.15) is 0 Å². The van der Waals surface area contributed by atoms with Crippen molar-refractivity contribution in [2.75, 3.05) is 38.1 Å². The topological polar surface area (TPSA) is 44.8 Å². The number of piperazine rings is 1. The van der Waals surface area contributed by atoms with Gasteiger partial charge in [0.15, 0.2) is 5.11 Å². The molecule has 1 aliphatic heterocycles. The molecule has 0 atom stereocenters. The highest BCUT2D eigenvalue weighted by Crippen LogP contribution is 2.38. The fraction of sp³-hybridized carbons (Fsp3) is 0.419. The minimum absolute atomic E-state index is 0.216. The van der Waals surface area contributed by atoms with Crippen LogP contribution in [0.15, 0.2) is 60.7 Å². The molecule has 2 aromatic carbocycles. The summed E-state index contributed by atoms with van der Waals surface area (Å²) in [5, 5.41) is 5.03. The minimum Gasteiger partial charge on any atom is -0.462 e. The number of carbonyl (C=O) groups is 1. The summed E-state index contributed by atoms with van der Waals surface area (Å²) in [5.74, 6) is -0.228. The quantitative estimate of drug-likeness (QED) is 0.274. The maximum Gasteiger partial charge on any atom is 0.341 e. The summed E-state index contributed by atoms with van der Waals surface area (Å²) in [5.41, 5.74) is 4.51. The second-order valence-corrected chi connectivity index (χ2v) is 11.5. The molecule has 1 saturated heterocycles. The third-order valence-electron chi connectivity index (χ3n) is 7.57. The molecule has 0 unspecified atom stereocenters. The highest BCUT2D eigenvalue weighted by molar-refractivity contribution is 7.80. The van der Waals surface area contributed by atoms with E-state index in [1.165, 1.54) is 40.8 Å². The summed E-state index contributed by atoms with van der Waals surface area (Å²) in [6, 6.07) is 21.7. The number of esters is 1. The van der Waals surface area contributed by atoms with Crippen molar-refractivity contribution in [1.29, 1.82) is 0 Å². The number of thiocarbonyl (C=S) groups is 1. The van der Waals surface area contributed by atoms with Crippen LogP contribution in [0.2, 0.25) is 0 Å². The molecular weight excluding hydrogens is 510 g/mol. The molecule has 2 aliphatic rings. The molecule has 200 valence electrons. The van der Waals surface area contributed by atoms with Gasteiger partial charge in [0.25, 0.3) is 0 Å². The van der Waals surface area contributed by atoms with E-state index >= 15 is 0 Å². The van der Waals surface area contributed by atoms with Crippen LogP contribution in [0.4, 0.5) is 5.00 Å². The van der Waals surface area contributed by atoms with Crippen LogP contribution in [0.25, 0.3) is 0 Å². The molecule has 38 heavy (non-hydrogen) atoms. The standard InChI is InChI=1S/C31H37N3O2S2/c1-2-36-30(35)27-25-17-11-3-4-12-18-26(25)38-29(27)32-31(37)34-21-19-33(20-22-34)28(23-13-7-5-8-14-23)24-15-9-6-10-16-24/h5-10,13-16,28H,2-4,11-12,17-22H2,1H3,(H,32,37). The van der Waals surface area contributed by atoms with Crippen molar-refractivity contribution < 1.29 is 9.53 Å². The Balaban J connectivity index is 1.30. The number of benzene rings is 2. The van der Waals surface area contributed by atoms with Gasteiger partial charge in [-0.15, -0.1) is 11.3 Å². The minimum atomic E-state index is -0.228. The molecule has 0 spiro atoms. The number of carbonyl (C=O) groups excluding carboxylic acids is 1. The molecule has 0 bridgehead atoms. The van der Waals surface area contributed by atoms with E-state index in [-0.39, 0.29) is 12.0 Å². The smallest absolute Gasteiger partial charge is 0.341 e. The average molecular weight is 548 g/mol. The third kappa shape index (κ3) is 6.11. The zero-order valence-electron chi connectivity index (χ0n) is 22.2. The van der Waals surface area contributed by atoms with Gasteiger partial charge in [-0.05, 0) is 61.5 Å². The summed E-state index contributed by atoms with van der Waals surface area (Å²) in [4.78, 5) is 19.1.